The summed E-state index contributed by atoms with van der Waals surface area (Å²) in [6.45, 7) is 15.4. The molecule has 0 spiro atoms. The molecule has 0 aliphatic carbocycles. The third-order valence-corrected chi connectivity index (χ3v) is 8.58. The van der Waals surface area contributed by atoms with Crippen molar-refractivity contribution in [2.24, 2.45) is 0 Å². The van der Waals surface area contributed by atoms with E-state index in [9.17, 15) is 4.79 Å². The molecule has 1 aliphatic heterocycles. The van der Waals surface area contributed by atoms with Crippen LogP contribution in [0.5, 0.6) is 0 Å². The van der Waals surface area contributed by atoms with Gasteiger partial charge in [0.2, 0.25) is 5.91 Å². The van der Waals surface area contributed by atoms with Gasteiger partial charge >= 0.3 is 0 Å². The zero-order valence-corrected chi connectivity index (χ0v) is 26.5. The van der Waals surface area contributed by atoms with Crippen LogP contribution in [0.1, 0.15) is 162 Å². The van der Waals surface area contributed by atoms with E-state index in [0.717, 1.165) is 32.6 Å². The fourth-order valence-corrected chi connectivity index (χ4v) is 5.86. The fourth-order valence-electron chi connectivity index (χ4n) is 5.86. The molecule has 1 rings (SSSR count). The highest BCUT2D eigenvalue weighted by Crippen LogP contribution is 2.13. The number of rotatable bonds is 24. The predicted octanol–water partition coefficient (Wildman–Crippen LogP) is 9.07. The van der Waals surface area contributed by atoms with E-state index < -0.39 is 0 Å². The molecular formula is C34H69N3O. The molecule has 1 heterocycles. The van der Waals surface area contributed by atoms with Crippen LogP contribution in [-0.2, 0) is 4.79 Å². The molecule has 0 aromatic rings. The first-order valence-corrected chi connectivity index (χ1v) is 17.4. The Morgan fingerprint density at radius 3 is 1.08 bits per heavy atom. The van der Waals surface area contributed by atoms with Gasteiger partial charge in [0.05, 0.1) is 0 Å². The van der Waals surface area contributed by atoms with Gasteiger partial charge in [-0.2, -0.15) is 0 Å². The maximum Gasteiger partial charge on any atom is 0.222 e. The lowest BCUT2D eigenvalue weighted by Crippen LogP contribution is -2.40. The molecule has 0 bridgehead atoms. The Morgan fingerprint density at radius 1 is 0.421 bits per heavy atom. The van der Waals surface area contributed by atoms with Gasteiger partial charge in [-0.1, -0.05) is 136 Å². The minimum Gasteiger partial charge on any atom is -0.340 e. The van der Waals surface area contributed by atoms with Crippen LogP contribution in [0.2, 0.25) is 0 Å². The molecule has 0 saturated carbocycles. The average molecular weight is 536 g/mol. The van der Waals surface area contributed by atoms with Gasteiger partial charge in [0.1, 0.15) is 0 Å². The van der Waals surface area contributed by atoms with Gasteiger partial charge in [0.25, 0.3) is 0 Å². The summed E-state index contributed by atoms with van der Waals surface area (Å²) >= 11 is 0. The van der Waals surface area contributed by atoms with Crippen molar-refractivity contribution in [1.29, 1.82) is 0 Å². The van der Waals surface area contributed by atoms with Crippen molar-refractivity contribution >= 4 is 5.91 Å². The van der Waals surface area contributed by atoms with Crippen LogP contribution in [0.25, 0.3) is 0 Å². The molecule has 0 unspecified atom stereocenters. The van der Waals surface area contributed by atoms with Crippen LogP contribution < -0.4 is 0 Å². The molecule has 0 atom stereocenters. The van der Waals surface area contributed by atoms with Crippen LogP contribution in [0.15, 0.2) is 0 Å². The minimum atomic E-state index is 0.368. The van der Waals surface area contributed by atoms with Gasteiger partial charge in [-0.25, -0.2) is 0 Å². The maximum atomic E-state index is 12.8. The van der Waals surface area contributed by atoms with Gasteiger partial charge < -0.3 is 14.7 Å². The highest BCUT2D eigenvalue weighted by molar-refractivity contribution is 5.76. The number of unbranched alkanes of at least 4 members (excludes halogenated alkanes) is 18. The van der Waals surface area contributed by atoms with Crippen molar-refractivity contribution in [3.8, 4) is 0 Å². The van der Waals surface area contributed by atoms with Crippen molar-refractivity contribution in [3.05, 3.63) is 0 Å². The molecule has 226 valence electrons. The van der Waals surface area contributed by atoms with Crippen LogP contribution in [0.3, 0.4) is 0 Å². The summed E-state index contributed by atoms with van der Waals surface area (Å²) in [5.41, 5.74) is 0. The van der Waals surface area contributed by atoms with E-state index in [0.29, 0.717) is 12.3 Å². The summed E-state index contributed by atoms with van der Waals surface area (Å²) in [6.07, 6.45) is 29.6. The summed E-state index contributed by atoms with van der Waals surface area (Å²) in [6, 6.07) is 0. The molecule has 4 nitrogen and oxygen atoms in total. The topological polar surface area (TPSA) is 26.8 Å². The molecule has 1 fully saturated rings. The highest BCUT2D eigenvalue weighted by atomic mass is 16.2. The molecule has 0 N–H and O–H groups in total. The molecule has 4 heteroatoms. The van der Waals surface area contributed by atoms with Crippen molar-refractivity contribution in [2.75, 3.05) is 52.4 Å². The van der Waals surface area contributed by atoms with Gasteiger partial charge in [-0.05, 0) is 32.4 Å². The Labute approximate surface area is 239 Å². The highest BCUT2D eigenvalue weighted by Gasteiger charge is 2.19. The van der Waals surface area contributed by atoms with Crippen LogP contribution in [-0.4, -0.2) is 73.0 Å². The third kappa shape index (κ3) is 20.3. The summed E-state index contributed by atoms with van der Waals surface area (Å²) in [7, 11) is 0. The molecule has 1 saturated heterocycles. The Bertz CT molecular complexity index is 476. The second-order valence-corrected chi connectivity index (χ2v) is 12.2. The van der Waals surface area contributed by atoms with Crippen molar-refractivity contribution in [2.45, 2.75) is 162 Å². The first-order chi connectivity index (χ1) is 18.7. The van der Waals surface area contributed by atoms with E-state index in [-0.39, 0.29) is 0 Å². The first-order valence-electron chi connectivity index (χ1n) is 17.4. The zero-order valence-electron chi connectivity index (χ0n) is 26.5. The number of hydrogen-bond donors (Lipinski definition) is 0. The molecule has 1 amide bonds. The molecule has 38 heavy (non-hydrogen) atoms. The van der Waals surface area contributed by atoms with Gasteiger partial charge in [0.15, 0.2) is 0 Å². The SMILES string of the molecule is CCCCCCCCCCCCN1CCN(CCCCCCCCCCCC)CCN(C(=O)CCC)CC1. The zero-order chi connectivity index (χ0) is 27.5. The van der Waals surface area contributed by atoms with E-state index >= 15 is 0 Å². The van der Waals surface area contributed by atoms with Gasteiger partial charge in [-0.3, -0.25) is 4.79 Å². The second-order valence-electron chi connectivity index (χ2n) is 12.2. The average Bonchev–Trinajstić information content (AvgIpc) is 3.02. The maximum absolute atomic E-state index is 12.8. The number of hydrogen-bond acceptors (Lipinski definition) is 3. The number of carbonyl (C=O) groups is 1. The lowest BCUT2D eigenvalue weighted by molar-refractivity contribution is -0.131. The van der Waals surface area contributed by atoms with Gasteiger partial charge in [0, 0.05) is 45.7 Å². The molecule has 1 aliphatic rings. The summed E-state index contributed by atoms with van der Waals surface area (Å²) in [5, 5.41) is 0. The Morgan fingerprint density at radius 2 is 0.737 bits per heavy atom. The minimum absolute atomic E-state index is 0.368. The summed E-state index contributed by atoms with van der Waals surface area (Å²) in [5.74, 6) is 0.368. The Balaban J connectivity index is 2.31. The van der Waals surface area contributed by atoms with E-state index in [2.05, 4.69) is 35.5 Å². The molecule has 0 radical (unpaired) electrons. The van der Waals surface area contributed by atoms with E-state index in [1.807, 2.05) is 0 Å². The number of carbonyl (C=O) groups excluding carboxylic acids is 1. The van der Waals surface area contributed by atoms with Gasteiger partial charge in [-0.15, -0.1) is 0 Å². The number of nitrogens with zero attached hydrogens (tertiary/aromatic N) is 3. The Hall–Kier alpha value is -0.610. The molecule has 0 aromatic heterocycles. The second kappa shape index (κ2) is 26.6. The smallest absolute Gasteiger partial charge is 0.222 e. The summed E-state index contributed by atoms with van der Waals surface area (Å²) in [4.78, 5) is 20.3. The first kappa shape index (κ1) is 35.4. The molecule has 0 aromatic carbocycles. The normalized spacial score (nSPS) is 15.9. The summed E-state index contributed by atoms with van der Waals surface area (Å²) < 4.78 is 0. The van der Waals surface area contributed by atoms with Crippen molar-refractivity contribution in [3.63, 3.8) is 0 Å². The van der Waals surface area contributed by atoms with Crippen molar-refractivity contribution < 1.29 is 4.79 Å². The number of amides is 1. The van der Waals surface area contributed by atoms with Crippen molar-refractivity contribution in [1.82, 2.24) is 14.7 Å². The van der Waals surface area contributed by atoms with Crippen LogP contribution in [0.4, 0.5) is 0 Å². The predicted molar refractivity (Wildman–Crippen MR) is 168 cm³/mol. The van der Waals surface area contributed by atoms with E-state index in [1.54, 1.807) is 0 Å². The lowest BCUT2D eigenvalue weighted by Gasteiger charge is -2.26. The van der Waals surface area contributed by atoms with E-state index in [1.165, 1.54) is 155 Å². The van der Waals surface area contributed by atoms with Crippen LogP contribution in [0, 0.1) is 0 Å². The quantitative estimate of drug-likeness (QED) is 0.115. The Kier molecular flexibility index (Phi) is 24.8. The van der Waals surface area contributed by atoms with Crippen LogP contribution >= 0.6 is 0 Å². The van der Waals surface area contributed by atoms with E-state index in [4.69, 9.17) is 0 Å². The monoisotopic (exact) mass is 536 g/mol. The molecular weight excluding hydrogens is 466 g/mol. The fraction of sp³-hybridized carbons (Fsp3) is 0.971. The lowest BCUT2D eigenvalue weighted by atomic mass is 10.1. The standard InChI is InChI=1S/C34H69N3O/c1-4-7-9-11-13-15-17-19-21-23-26-35-28-29-36(31-33-37(32-30-35)34(38)25-6-3)27-24-22-20-18-16-14-12-10-8-5-2/h4-33H2,1-3H3. The third-order valence-electron chi connectivity index (χ3n) is 8.58. The largest absolute Gasteiger partial charge is 0.340 e.